The molecule has 1 aromatic carbocycles. The number of nitrogens with zero attached hydrogens (tertiary/aromatic N) is 4. The van der Waals surface area contributed by atoms with Crippen molar-refractivity contribution in [3.8, 4) is 5.75 Å². The number of anilines is 1. The second kappa shape index (κ2) is 6.60. The van der Waals surface area contributed by atoms with Gasteiger partial charge < -0.3 is 14.5 Å². The third-order valence-corrected chi connectivity index (χ3v) is 4.85. The van der Waals surface area contributed by atoms with Gasteiger partial charge in [0.05, 0.1) is 19.9 Å². The summed E-state index contributed by atoms with van der Waals surface area (Å²) in [5.74, 6) is 0.440. The maximum Gasteiger partial charge on any atom is 0.181 e. The van der Waals surface area contributed by atoms with Crippen molar-refractivity contribution < 1.29 is 14.0 Å². The number of hydrogen-bond donors (Lipinski definition) is 0. The normalized spacial score (nSPS) is 14.3. The summed E-state index contributed by atoms with van der Waals surface area (Å²) in [7, 11) is 1.45. The first kappa shape index (κ1) is 16.8. The van der Waals surface area contributed by atoms with Gasteiger partial charge in [-0.3, -0.25) is 4.40 Å². The van der Waals surface area contributed by atoms with Crippen LogP contribution in [0.5, 0.6) is 5.75 Å². The molecule has 0 spiro atoms. The molecule has 0 radical (unpaired) electrons. The predicted molar refractivity (Wildman–Crippen MR) is 100 cm³/mol. The van der Waals surface area contributed by atoms with E-state index in [0.717, 1.165) is 27.1 Å². The second-order valence-corrected chi connectivity index (χ2v) is 6.72. The fourth-order valence-corrected chi connectivity index (χ4v) is 3.39. The smallest absolute Gasteiger partial charge is 0.181 e. The van der Waals surface area contributed by atoms with Gasteiger partial charge in [-0.15, -0.1) is 0 Å². The van der Waals surface area contributed by atoms with Crippen LogP contribution in [0.2, 0.25) is 0 Å². The summed E-state index contributed by atoms with van der Waals surface area (Å²) < 4.78 is 21.7. The molecule has 0 saturated heterocycles. The van der Waals surface area contributed by atoms with Crippen molar-refractivity contribution in [2.45, 2.75) is 6.92 Å². The van der Waals surface area contributed by atoms with Crippen LogP contribution in [-0.4, -0.2) is 35.5 Å². The number of imidazole rings is 1. The number of rotatable bonds is 3. The summed E-state index contributed by atoms with van der Waals surface area (Å²) in [4.78, 5) is 11.7. The lowest BCUT2D eigenvalue weighted by Crippen LogP contribution is -2.38. The summed E-state index contributed by atoms with van der Waals surface area (Å²) in [5, 5.41) is 4.26. The zero-order valence-electron chi connectivity index (χ0n) is 14.2. The molecular formula is C18H16BrFN4O2. The number of amidine groups is 1. The van der Waals surface area contributed by atoms with Gasteiger partial charge in [-0.1, -0.05) is 5.16 Å². The van der Waals surface area contributed by atoms with E-state index in [1.807, 2.05) is 28.5 Å². The molecule has 0 unspecified atom stereocenters. The number of hydrogen-bond acceptors (Lipinski definition) is 5. The van der Waals surface area contributed by atoms with Crippen LogP contribution in [0, 0.1) is 12.7 Å². The van der Waals surface area contributed by atoms with E-state index >= 15 is 0 Å². The molecule has 0 saturated carbocycles. The van der Waals surface area contributed by atoms with Crippen molar-refractivity contribution in [2.24, 2.45) is 5.16 Å². The Labute approximate surface area is 158 Å². The highest BCUT2D eigenvalue weighted by atomic mass is 79.9. The maximum atomic E-state index is 13.8. The van der Waals surface area contributed by atoms with Crippen LogP contribution < -0.4 is 9.64 Å². The molecule has 0 amide bonds. The lowest BCUT2D eigenvalue weighted by molar-refractivity contribution is 0.142. The summed E-state index contributed by atoms with van der Waals surface area (Å²) in [6.45, 7) is 3.03. The van der Waals surface area contributed by atoms with Crippen molar-refractivity contribution in [1.29, 1.82) is 0 Å². The zero-order valence-corrected chi connectivity index (χ0v) is 15.8. The topological polar surface area (TPSA) is 51.4 Å². The van der Waals surface area contributed by atoms with Crippen LogP contribution in [0.25, 0.3) is 5.65 Å². The molecule has 0 atom stereocenters. The average Bonchev–Trinajstić information content (AvgIpc) is 3.04. The molecule has 134 valence electrons. The molecule has 26 heavy (non-hydrogen) atoms. The Morgan fingerprint density at radius 2 is 2.15 bits per heavy atom. The highest BCUT2D eigenvalue weighted by Crippen LogP contribution is 2.28. The summed E-state index contributed by atoms with van der Waals surface area (Å²) in [6, 6.07) is 6.77. The first-order valence-corrected chi connectivity index (χ1v) is 8.82. The Kier molecular flexibility index (Phi) is 4.28. The number of oxime groups is 1. The van der Waals surface area contributed by atoms with Crippen LogP contribution in [0.4, 0.5) is 10.1 Å². The Bertz CT molecular complexity index is 1020. The lowest BCUT2D eigenvalue weighted by atomic mass is 10.1. The molecule has 2 aromatic heterocycles. The monoisotopic (exact) mass is 418 g/mol. The van der Waals surface area contributed by atoms with Gasteiger partial charge in [0, 0.05) is 23.5 Å². The molecule has 3 heterocycles. The highest BCUT2D eigenvalue weighted by molar-refractivity contribution is 9.10. The van der Waals surface area contributed by atoms with E-state index in [1.165, 1.54) is 13.2 Å². The number of ether oxygens (including phenoxy) is 1. The van der Waals surface area contributed by atoms with Gasteiger partial charge in [-0.25, -0.2) is 9.37 Å². The van der Waals surface area contributed by atoms with Gasteiger partial charge in [-0.2, -0.15) is 0 Å². The quantitative estimate of drug-likeness (QED) is 0.649. The number of pyridine rings is 1. The van der Waals surface area contributed by atoms with Crippen molar-refractivity contribution in [1.82, 2.24) is 9.38 Å². The fourth-order valence-electron chi connectivity index (χ4n) is 3.02. The number of aryl methyl sites for hydroxylation is 1. The van der Waals surface area contributed by atoms with Gasteiger partial charge in [0.1, 0.15) is 16.9 Å². The van der Waals surface area contributed by atoms with E-state index in [1.54, 1.807) is 18.3 Å². The average molecular weight is 419 g/mol. The van der Waals surface area contributed by atoms with Crippen molar-refractivity contribution in [2.75, 3.05) is 25.2 Å². The SMILES string of the molecule is COc1cc(N2CCON=C2c2cc(C)c3ncc(Br)n3c2)ccc1F. The van der Waals surface area contributed by atoms with Gasteiger partial charge in [0.15, 0.2) is 17.4 Å². The largest absolute Gasteiger partial charge is 0.494 e. The first-order chi connectivity index (χ1) is 12.6. The Hall–Kier alpha value is -2.61. The summed E-state index contributed by atoms with van der Waals surface area (Å²) >= 11 is 3.50. The van der Waals surface area contributed by atoms with Crippen LogP contribution >= 0.6 is 15.9 Å². The van der Waals surface area contributed by atoms with Gasteiger partial charge in [-0.05, 0) is 46.6 Å². The summed E-state index contributed by atoms with van der Waals surface area (Å²) in [5.41, 5.74) is 3.54. The van der Waals surface area contributed by atoms with Crippen molar-refractivity contribution >= 4 is 33.1 Å². The number of aromatic nitrogens is 2. The van der Waals surface area contributed by atoms with Gasteiger partial charge in [0.2, 0.25) is 0 Å². The highest BCUT2D eigenvalue weighted by Gasteiger charge is 2.23. The van der Waals surface area contributed by atoms with Gasteiger partial charge >= 0.3 is 0 Å². The standard InChI is InChI=1S/C18H16BrFN4O2/c1-11-7-12(10-24-16(19)9-21-17(11)24)18-22-26-6-5-23(18)13-3-4-14(20)15(8-13)25-2/h3-4,7-10H,5-6H2,1-2H3. The van der Waals surface area contributed by atoms with Crippen LogP contribution in [0.15, 0.2) is 46.4 Å². The zero-order chi connectivity index (χ0) is 18.3. The third-order valence-electron chi connectivity index (χ3n) is 4.26. The van der Waals surface area contributed by atoms with E-state index in [0.29, 0.717) is 19.0 Å². The van der Waals surface area contributed by atoms with Crippen LogP contribution in [-0.2, 0) is 4.84 Å². The van der Waals surface area contributed by atoms with E-state index in [9.17, 15) is 4.39 Å². The molecule has 1 aliphatic heterocycles. The van der Waals surface area contributed by atoms with Crippen molar-refractivity contribution in [3.05, 3.63) is 58.2 Å². The molecule has 1 aliphatic rings. The predicted octanol–water partition coefficient (Wildman–Crippen LogP) is 3.75. The molecule has 0 bridgehead atoms. The fraction of sp³-hybridized carbons (Fsp3) is 0.222. The number of fused-ring (bicyclic) bond motifs is 1. The number of halogens is 2. The lowest BCUT2D eigenvalue weighted by Gasteiger charge is -2.29. The molecule has 0 N–H and O–H groups in total. The van der Waals surface area contributed by atoms with E-state index in [2.05, 4.69) is 26.1 Å². The van der Waals surface area contributed by atoms with E-state index in [-0.39, 0.29) is 5.75 Å². The molecule has 4 rings (SSSR count). The Morgan fingerprint density at radius 3 is 2.96 bits per heavy atom. The number of methoxy groups -OCH3 is 1. The number of benzene rings is 1. The van der Waals surface area contributed by atoms with E-state index in [4.69, 9.17) is 9.57 Å². The van der Waals surface area contributed by atoms with Crippen LogP contribution in [0.1, 0.15) is 11.1 Å². The van der Waals surface area contributed by atoms with Gasteiger partial charge in [0.25, 0.3) is 0 Å². The first-order valence-electron chi connectivity index (χ1n) is 8.03. The van der Waals surface area contributed by atoms with Crippen molar-refractivity contribution in [3.63, 3.8) is 0 Å². The molecule has 8 heteroatoms. The summed E-state index contributed by atoms with van der Waals surface area (Å²) in [6.07, 6.45) is 3.70. The van der Waals surface area contributed by atoms with Crippen LogP contribution in [0.3, 0.4) is 0 Å². The minimum Gasteiger partial charge on any atom is -0.494 e. The van der Waals surface area contributed by atoms with E-state index < -0.39 is 5.82 Å². The molecule has 3 aromatic rings. The second-order valence-electron chi connectivity index (χ2n) is 5.90. The third kappa shape index (κ3) is 2.80. The molecule has 0 fully saturated rings. The minimum atomic E-state index is -0.400. The molecule has 0 aliphatic carbocycles. The maximum absolute atomic E-state index is 13.8. The minimum absolute atomic E-state index is 0.192. The molecular weight excluding hydrogens is 403 g/mol. The molecule has 6 nitrogen and oxygen atoms in total. The Morgan fingerprint density at radius 1 is 1.31 bits per heavy atom. The Balaban J connectivity index is 1.81.